The highest BCUT2D eigenvalue weighted by Crippen LogP contribution is 2.33. The Bertz CT molecular complexity index is 1440. The number of rotatable bonds is 6. The van der Waals surface area contributed by atoms with Gasteiger partial charge < -0.3 is 29.0 Å². The van der Waals surface area contributed by atoms with E-state index in [2.05, 4.69) is 5.32 Å². The van der Waals surface area contributed by atoms with Crippen molar-refractivity contribution in [2.45, 2.75) is 0 Å². The molecule has 0 radical (unpaired) electrons. The van der Waals surface area contributed by atoms with Crippen molar-refractivity contribution in [3.63, 3.8) is 0 Å². The van der Waals surface area contributed by atoms with Crippen LogP contribution in [0.1, 0.15) is 20.9 Å². The predicted octanol–water partition coefficient (Wildman–Crippen LogP) is 4.80. The van der Waals surface area contributed by atoms with Gasteiger partial charge in [0.15, 0.2) is 0 Å². The lowest BCUT2D eigenvalue weighted by Crippen LogP contribution is -2.49. The number of furan rings is 1. The molecule has 1 aliphatic heterocycles. The molecule has 2 amide bonds. The van der Waals surface area contributed by atoms with E-state index in [1.54, 1.807) is 59.5 Å². The number of ether oxygens (including phenoxy) is 2. The number of hydrogen-bond donors (Lipinski definition) is 1. The summed E-state index contributed by atoms with van der Waals surface area (Å²) in [6, 6.07) is 18.6. The molecule has 0 spiro atoms. The summed E-state index contributed by atoms with van der Waals surface area (Å²) in [5, 5.41) is 3.47. The van der Waals surface area contributed by atoms with Crippen LogP contribution in [0.15, 0.2) is 71.1 Å². The zero-order chi connectivity index (χ0) is 25.9. The SMILES string of the molecule is COc1cc(OC)cc(C(=O)Nc2c(C(=O)N3CCN(c4ccccc4F)CC3)oc3ccccc23)c1. The number of anilines is 2. The van der Waals surface area contributed by atoms with Crippen LogP contribution in [0.2, 0.25) is 0 Å². The smallest absolute Gasteiger partial charge is 0.291 e. The number of nitrogens with zero attached hydrogens (tertiary/aromatic N) is 2. The molecule has 1 fully saturated rings. The third kappa shape index (κ3) is 4.80. The first-order valence-corrected chi connectivity index (χ1v) is 11.8. The van der Waals surface area contributed by atoms with Crippen LogP contribution in [0, 0.1) is 5.82 Å². The summed E-state index contributed by atoms with van der Waals surface area (Å²) in [4.78, 5) is 30.4. The molecule has 4 aromatic rings. The zero-order valence-electron chi connectivity index (χ0n) is 20.5. The van der Waals surface area contributed by atoms with E-state index in [4.69, 9.17) is 13.9 Å². The molecular formula is C28H26FN3O5. The Morgan fingerprint density at radius 1 is 0.892 bits per heavy atom. The van der Waals surface area contributed by atoms with E-state index < -0.39 is 5.91 Å². The summed E-state index contributed by atoms with van der Waals surface area (Å²) >= 11 is 0. The number of hydrogen-bond acceptors (Lipinski definition) is 6. The predicted molar refractivity (Wildman–Crippen MR) is 138 cm³/mol. The van der Waals surface area contributed by atoms with E-state index in [9.17, 15) is 14.0 Å². The van der Waals surface area contributed by atoms with Crippen molar-refractivity contribution in [1.82, 2.24) is 4.90 Å². The topological polar surface area (TPSA) is 84.2 Å². The third-order valence-corrected chi connectivity index (χ3v) is 6.40. The van der Waals surface area contributed by atoms with Gasteiger partial charge in [-0.05, 0) is 36.4 Å². The number of fused-ring (bicyclic) bond motifs is 1. The quantitative estimate of drug-likeness (QED) is 0.407. The van der Waals surface area contributed by atoms with Crippen LogP contribution in [-0.2, 0) is 0 Å². The third-order valence-electron chi connectivity index (χ3n) is 6.40. The molecule has 0 bridgehead atoms. The molecule has 5 rings (SSSR count). The first-order valence-electron chi connectivity index (χ1n) is 11.8. The highest BCUT2D eigenvalue weighted by molar-refractivity contribution is 6.14. The number of benzene rings is 3. The Hall–Kier alpha value is -4.53. The van der Waals surface area contributed by atoms with Crippen LogP contribution >= 0.6 is 0 Å². The normalized spacial score (nSPS) is 13.5. The maximum Gasteiger partial charge on any atom is 0.291 e. The van der Waals surface area contributed by atoms with Crippen molar-refractivity contribution >= 4 is 34.2 Å². The summed E-state index contributed by atoms with van der Waals surface area (Å²) in [6.45, 7) is 1.70. The second-order valence-electron chi connectivity index (χ2n) is 8.59. The number of piperazine rings is 1. The number of amides is 2. The van der Waals surface area contributed by atoms with Gasteiger partial charge in [0, 0.05) is 43.2 Å². The van der Waals surface area contributed by atoms with Crippen molar-refractivity contribution in [3.8, 4) is 11.5 Å². The van der Waals surface area contributed by atoms with Gasteiger partial charge in [0.05, 0.1) is 19.9 Å². The van der Waals surface area contributed by atoms with E-state index in [0.717, 1.165) is 0 Å². The highest BCUT2D eigenvalue weighted by Gasteiger charge is 2.29. The summed E-state index contributed by atoms with van der Waals surface area (Å²) in [5.41, 5.74) is 1.59. The Morgan fingerprint density at radius 2 is 1.54 bits per heavy atom. The van der Waals surface area contributed by atoms with Crippen LogP contribution in [0.25, 0.3) is 11.0 Å². The molecule has 0 atom stereocenters. The number of carbonyl (C=O) groups excluding carboxylic acids is 2. The largest absolute Gasteiger partial charge is 0.497 e. The van der Waals surface area contributed by atoms with Gasteiger partial charge in [0.1, 0.15) is 28.6 Å². The van der Waals surface area contributed by atoms with Gasteiger partial charge in [0.25, 0.3) is 11.8 Å². The van der Waals surface area contributed by atoms with Crippen molar-refractivity contribution in [2.75, 3.05) is 50.6 Å². The summed E-state index contributed by atoms with van der Waals surface area (Å²) < 4.78 is 30.7. The van der Waals surface area contributed by atoms with Crippen molar-refractivity contribution < 1.29 is 27.9 Å². The Balaban J connectivity index is 1.41. The van der Waals surface area contributed by atoms with E-state index in [1.807, 2.05) is 11.0 Å². The standard InChI is InChI=1S/C28H26FN3O5/c1-35-19-15-18(16-20(17-19)36-2)27(33)30-25-21-7-3-6-10-24(21)37-26(25)28(34)32-13-11-31(12-14-32)23-9-5-4-8-22(23)29/h3-10,15-17H,11-14H2,1-2H3,(H,30,33). The van der Waals surface area contributed by atoms with E-state index in [0.29, 0.717) is 65.6 Å². The molecule has 0 aliphatic carbocycles. The number of para-hydroxylation sites is 2. The fourth-order valence-corrected chi connectivity index (χ4v) is 4.45. The molecule has 190 valence electrons. The maximum absolute atomic E-state index is 14.2. The molecule has 1 aliphatic rings. The minimum absolute atomic E-state index is 0.0451. The molecule has 0 saturated carbocycles. The molecule has 9 heteroatoms. The van der Waals surface area contributed by atoms with Crippen molar-refractivity contribution in [2.24, 2.45) is 0 Å². The van der Waals surface area contributed by atoms with Gasteiger partial charge in [-0.3, -0.25) is 9.59 Å². The summed E-state index contributed by atoms with van der Waals surface area (Å²) in [7, 11) is 3.01. The zero-order valence-corrected chi connectivity index (χ0v) is 20.5. The lowest BCUT2D eigenvalue weighted by molar-refractivity contribution is 0.0718. The average molecular weight is 504 g/mol. The van der Waals surface area contributed by atoms with E-state index in [1.165, 1.54) is 20.3 Å². The molecule has 1 N–H and O–H groups in total. The summed E-state index contributed by atoms with van der Waals surface area (Å²) in [6.07, 6.45) is 0. The maximum atomic E-state index is 14.2. The van der Waals surface area contributed by atoms with Crippen LogP contribution < -0.4 is 19.7 Å². The molecule has 3 aromatic carbocycles. The van der Waals surface area contributed by atoms with Gasteiger partial charge >= 0.3 is 0 Å². The van der Waals surface area contributed by atoms with Crippen molar-refractivity contribution in [3.05, 3.63) is 83.9 Å². The number of methoxy groups -OCH3 is 2. The van der Waals surface area contributed by atoms with Gasteiger partial charge in [-0.2, -0.15) is 0 Å². The van der Waals surface area contributed by atoms with Crippen molar-refractivity contribution in [1.29, 1.82) is 0 Å². The molecule has 1 aromatic heterocycles. The Kier molecular flexibility index (Phi) is 6.68. The molecule has 37 heavy (non-hydrogen) atoms. The number of halogens is 1. The molecule has 2 heterocycles. The minimum atomic E-state index is -0.442. The van der Waals surface area contributed by atoms with Gasteiger partial charge in [0.2, 0.25) is 5.76 Å². The first-order chi connectivity index (χ1) is 18.0. The summed E-state index contributed by atoms with van der Waals surface area (Å²) in [5.74, 6) is -0.108. The van der Waals surface area contributed by atoms with Crippen LogP contribution in [-0.4, -0.2) is 57.1 Å². The second kappa shape index (κ2) is 10.2. The minimum Gasteiger partial charge on any atom is -0.497 e. The Labute approximate surface area is 213 Å². The number of nitrogens with one attached hydrogen (secondary N) is 1. The van der Waals surface area contributed by atoms with E-state index >= 15 is 0 Å². The molecule has 1 saturated heterocycles. The van der Waals surface area contributed by atoms with Gasteiger partial charge in [-0.15, -0.1) is 0 Å². The Morgan fingerprint density at radius 3 is 2.22 bits per heavy atom. The highest BCUT2D eigenvalue weighted by atomic mass is 19.1. The average Bonchev–Trinajstić information content (AvgIpc) is 3.30. The van der Waals surface area contributed by atoms with E-state index in [-0.39, 0.29) is 17.5 Å². The first kappa shape index (κ1) is 24.2. The molecule has 8 nitrogen and oxygen atoms in total. The molecular weight excluding hydrogens is 477 g/mol. The monoisotopic (exact) mass is 503 g/mol. The van der Waals surface area contributed by atoms with Gasteiger partial charge in [-0.1, -0.05) is 24.3 Å². The number of carbonyl (C=O) groups is 2. The van der Waals surface area contributed by atoms with Crippen LogP contribution in [0.5, 0.6) is 11.5 Å². The van der Waals surface area contributed by atoms with Crippen LogP contribution in [0.3, 0.4) is 0 Å². The van der Waals surface area contributed by atoms with Crippen LogP contribution in [0.4, 0.5) is 15.8 Å². The fraction of sp³-hybridized carbons (Fsp3) is 0.214. The molecule has 0 unspecified atom stereocenters. The second-order valence-corrected chi connectivity index (χ2v) is 8.59. The lowest BCUT2D eigenvalue weighted by atomic mass is 10.1. The lowest BCUT2D eigenvalue weighted by Gasteiger charge is -2.35. The van der Waals surface area contributed by atoms with Gasteiger partial charge in [-0.25, -0.2) is 4.39 Å². The fourth-order valence-electron chi connectivity index (χ4n) is 4.45.